The van der Waals surface area contributed by atoms with Gasteiger partial charge in [-0.25, -0.2) is 0 Å². The van der Waals surface area contributed by atoms with Gasteiger partial charge in [-0.3, -0.25) is 4.79 Å². The van der Waals surface area contributed by atoms with Crippen LogP contribution in [-0.4, -0.2) is 5.78 Å². The van der Waals surface area contributed by atoms with Crippen LogP contribution in [0.15, 0.2) is 24.3 Å². The molecule has 0 aromatic heterocycles. The molecule has 0 saturated heterocycles. The lowest BCUT2D eigenvalue weighted by molar-refractivity contribution is -0.119. The number of carbonyl (C=O) groups is 1. The molecule has 0 aliphatic heterocycles. The number of aryl methyl sites for hydroxylation is 1. The van der Waals surface area contributed by atoms with Crippen molar-refractivity contribution in [1.29, 1.82) is 15.8 Å². The Hall–Kier alpha value is -2.64. The Bertz CT molecular complexity index is 545. The van der Waals surface area contributed by atoms with Crippen LogP contribution in [0, 0.1) is 46.3 Å². The van der Waals surface area contributed by atoms with Crippen molar-refractivity contribution in [3.05, 3.63) is 35.4 Å². The molecule has 88 valence electrons. The molecule has 0 bridgehead atoms. The first-order valence-corrected chi connectivity index (χ1v) is 5.31. The number of ketones is 1. The third-order valence-corrected chi connectivity index (χ3v) is 2.78. The summed E-state index contributed by atoms with van der Waals surface area (Å²) in [5.74, 6) is -1.42. The third-order valence-electron chi connectivity index (χ3n) is 2.78. The molecule has 18 heavy (non-hydrogen) atoms. The zero-order chi connectivity index (χ0) is 13.8. The van der Waals surface area contributed by atoms with Gasteiger partial charge in [0.05, 0.1) is 5.92 Å². The summed E-state index contributed by atoms with van der Waals surface area (Å²) in [4.78, 5) is 11.7. The summed E-state index contributed by atoms with van der Waals surface area (Å²) in [6, 6.07) is 11.9. The van der Waals surface area contributed by atoms with Crippen LogP contribution in [0.5, 0.6) is 0 Å². The summed E-state index contributed by atoms with van der Waals surface area (Å²) < 4.78 is 0. The highest BCUT2D eigenvalue weighted by Crippen LogP contribution is 2.35. The molecule has 1 aromatic rings. The first-order valence-electron chi connectivity index (χ1n) is 5.31. The van der Waals surface area contributed by atoms with Crippen molar-refractivity contribution >= 4 is 5.78 Å². The number of Topliss-reactive ketones (excluding diaryl/α,β-unsaturated/α-hetero) is 1. The summed E-state index contributed by atoms with van der Waals surface area (Å²) in [5, 5.41) is 27.2. The van der Waals surface area contributed by atoms with E-state index in [1.165, 1.54) is 6.92 Å². The summed E-state index contributed by atoms with van der Waals surface area (Å²) in [6.45, 7) is 3.17. The number of hydrogen-bond donors (Lipinski definition) is 0. The highest BCUT2D eigenvalue weighted by atomic mass is 16.1. The van der Waals surface area contributed by atoms with E-state index in [2.05, 4.69) is 0 Å². The minimum atomic E-state index is -1.97. The maximum atomic E-state index is 11.7. The van der Waals surface area contributed by atoms with Gasteiger partial charge in [-0.2, -0.15) is 15.8 Å². The molecule has 1 unspecified atom stereocenters. The molecular weight excluding hydrogens is 226 g/mol. The van der Waals surface area contributed by atoms with Crippen molar-refractivity contribution in [3.63, 3.8) is 0 Å². The fraction of sp³-hybridized carbons (Fsp3) is 0.286. The third kappa shape index (κ3) is 2.21. The minimum absolute atomic E-state index is 0.372. The van der Waals surface area contributed by atoms with Gasteiger partial charge in [0.15, 0.2) is 0 Å². The van der Waals surface area contributed by atoms with E-state index in [-0.39, 0.29) is 5.78 Å². The molecule has 1 rings (SSSR count). The zero-order valence-electron chi connectivity index (χ0n) is 10.1. The van der Waals surface area contributed by atoms with Crippen molar-refractivity contribution in [2.45, 2.75) is 19.8 Å². The second-order valence-corrected chi connectivity index (χ2v) is 4.10. The minimum Gasteiger partial charge on any atom is -0.299 e. The van der Waals surface area contributed by atoms with Gasteiger partial charge >= 0.3 is 0 Å². The Kier molecular flexibility index (Phi) is 3.82. The Labute approximate surface area is 106 Å². The van der Waals surface area contributed by atoms with Crippen molar-refractivity contribution in [3.8, 4) is 18.2 Å². The summed E-state index contributed by atoms with van der Waals surface area (Å²) in [6.07, 6.45) is 0. The molecule has 0 saturated carbocycles. The Morgan fingerprint density at radius 1 is 1.11 bits per heavy atom. The van der Waals surface area contributed by atoms with Gasteiger partial charge in [0, 0.05) is 0 Å². The monoisotopic (exact) mass is 237 g/mol. The first-order chi connectivity index (χ1) is 8.50. The lowest BCUT2D eigenvalue weighted by atomic mass is 9.73. The first kappa shape index (κ1) is 13.4. The van der Waals surface area contributed by atoms with Crippen LogP contribution < -0.4 is 0 Å². The molecule has 0 N–H and O–H groups in total. The molecule has 0 aliphatic rings. The van der Waals surface area contributed by atoms with Crippen LogP contribution in [0.3, 0.4) is 0 Å². The molecule has 1 aromatic carbocycles. The average Bonchev–Trinajstić information content (AvgIpc) is 2.37. The van der Waals surface area contributed by atoms with Crippen LogP contribution in [0.4, 0.5) is 0 Å². The topological polar surface area (TPSA) is 88.4 Å². The predicted octanol–water partition coefficient (Wildman–Crippen LogP) is 2.22. The summed E-state index contributed by atoms with van der Waals surface area (Å²) in [5.41, 5.74) is -0.462. The number of hydrogen-bond acceptors (Lipinski definition) is 4. The van der Waals surface area contributed by atoms with Gasteiger partial charge < -0.3 is 0 Å². The van der Waals surface area contributed by atoms with E-state index in [4.69, 9.17) is 15.8 Å². The van der Waals surface area contributed by atoms with Crippen molar-refractivity contribution < 1.29 is 4.79 Å². The highest BCUT2D eigenvalue weighted by molar-refractivity contribution is 5.86. The largest absolute Gasteiger partial charge is 0.299 e. The van der Waals surface area contributed by atoms with E-state index in [1.807, 2.05) is 6.92 Å². The lowest BCUT2D eigenvalue weighted by Crippen LogP contribution is -2.29. The Morgan fingerprint density at radius 3 is 1.89 bits per heavy atom. The van der Waals surface area contributed by atoms with Crippen molar-refractivity contribution in [2.24, 2.45) is 5.41 Å². The van der Waals surface area contributed by atoms with Crippen LogP contribution in [0.2, 0.25) is 0 Å². The van der Waals surface area contributed by atoms with Gasteiger partial charge in [0.25, 0.3) is 0 Å². The second-order valence-electron chi connectivity index (χ2n) is 4.10. The van der Waals surface area contributed by atoms with Crippen LogP contribution in [0.1, 0.15) is 24.0 Å². The van der Waals surface area contributed by atoms with Gasteiger partial charge in [0.1, 0.15) is 24.0 Å². The average molecular weight is 237 g/mol. The molecule has 4 nitrogen and oxygen atoms in total. The molecule has 0 spiro atoms. The highest BCUT2D eigenvalue weighted by Gasteiger charge is 2.44. The number of nitriles is 3. The Balaban J connectivity index is 3.42. The molecule has 0 amide bonds. The van der Waals surface area contributed by atoms with E-state index in [0.29, 0.717) is 5.56 Å². The van der Waals surface area contributed by atoms with Crippen molar-refractivity contribution in [1.82, 2.24) is 0 Å². The number of rotatable bonds is 3. The predicted molar refractivity (Wildman–Crippen MR) is 63.9 cm³/mol. The molecule has 0 fully saturated rings. The molecule has 4 heteroatoms. The van der Waals surface area contributed by atoms with E-state index in [1.54, 1.807) is 42.5 Å². The van der Waals surface area contributed by atoms with E-state index >= 15 is 0 Å². The van der Waals surface area contributed by atoms with E-state index < -0.39 is 11.3 Å². The standard InChI is InChI=1S/C14H11N3O/c1-10-3-5-12(6-4-10)13(11(2)18)14(7-15,8-16)9-17/h3-6,13H,1-2H3. The smallest absolute Gasteiger partial charge is 0.242 e. The molecule has 0 radical (unpaired) electrons. The maximum Gasteiger partial charge on any atom is 0.242 e. The zero-order valence-corrected chi connectivity index (χ0v) is 10.1. The van der Waals surface area contributed by atoms with E-state index in [9.17, 15) is 4.79 Å². The van der Waals surface area contributed by atoms with Crippen LogP contribution in [0.25, 0.3) is 0 Å². The van der Waals surface area contributed by atoms with Crippen molar-refractivity contribution in [2.75, 3.05) is 0 Å². The molecular formula is C14H11N3O. The molecule has 0 heterocycles. The van der Waals surface area contributed by atoms with Crippen LogP contribution >= 0.6 is 0 Å². The van der Waals surface area contributed by atoms with E-state index in [0.717, 1.165) is 5.56 Å². The van der Waals surface area contributed by atoms with Gasteiger partial charge in [-0.1, -0.05) is 29.8 Å². The SMILES string of the molecule is CC(=O)C(c1ccc(C)cc1)C(C#N)(C#N)C#N. The quantitative estimate of drug-likeness (QED) is 0.806. The second kappa shape index (κ2) is 5.13. The fourth-order valence-electron chi connectivity index (χ4n) is 1.82. The van der Waals surface area contributed by atoms with Crippen LogP contribution in [-0.2, 0) is 4.79 Å². The maximum absolute atomic E-state index is 11.7. The Morgan fingerprint density at radius 2 is 1.56 bits per heavy atom. The van der Waals surface area contributed by atoms with Gasteiger partial charge in [0.2, 0.25) is 5.41 Å². The number of carbonyl (C=O) groups excluding carboxylic acids is 1. The normalized spacial score (nSPS) is 11.7. The molecule has 1 atom stereocenters. The number of nitrogens with zero attached hydrogens (tertiary/aromatic N) is 3. The van der Waals surface area contributed by atoms with Gasteiger partial charge in [-0.15, -0.1) is 0 Å². The fourth-order valence-corrected chi connectivity index (χ4v) is 1.82. The molecule has 0 aliphatic carbocycles. The summed E-state index contributed by atoms with van der Waals surface area (Å²) >= 11 is 0. The number of benzene rings is 1. The van der Waals surface area contributed by atoms with Gasteiger partial charge in [-0.05, 0) is 19.4 Å². The lowest BCUT2D eigenvalue weighted by Gasteiger charge is -2.21. The summed E-state index contributed by atoms with van der Waals surface area (Å²) in [7, 11) is 0.